The van der Waals surface area contributed by atoms with Crippen molar-refractivity contribution in [2.24, 2.45) is 5.92 Å². The molecule has 0 radical (unpaired) electrons. The Morgan fingerprint density at radius 2 is 2.09 bits per heavy atom. The highest BCUT2D eigenvalue weighted by molar-refractivity contribution is 6.31. The van der Waals surface area contributed by atoms with E-state index in [1.54, 1.807) is 6.92 Å². The molecule has 0 aliphatic rings. The average Bonchev–Trinajstić information content (AvgIpc) is 2.45. The minimum Gasteiger partial charge on any atom is -0.480 e. The minimum atomic E-state index is -1.10. The van der Waals surface area contributed by atoms with Gasteiger partial charge in [-0.2, -0.15) is 0 Å². The molecule has 2 atom stereocenters. The van der Waals surface area contributed by atoms with E-state index < -0.39 is 22.8 Å². The predicted molar refractivity (Wildman–Crippen MR) is 80.8 cm³/mol. The van der Waals surface area contributed by atoms with Crippen LogP contribution in [0, 0.1) is 16.0 Å². The fourth-order valence-electron chi connectivity index (χ4n) is 1.87. The summed E-state index contributed by atoms with van der Waals surface area (Å²) in [6.07, 6.45) is 0.465. The van der Waals surface area contributed by atoms with Gasteiger partial charge in [-0.1, -0.05) is 37.9 Å². The van der Waals surface area contributed by atoms with Gasteiger partial charge in [-0.3, -0.25) is 14.9 Å². The molecule has 0 aliphatic carbocycles. The largest absolute Gasteiger partial charge is 0.480 e. The molecule has 1 amide bonds. The third-order valence-electron chi connectivity index (χ3n) is 3.39. The number of hydrogen-bond acceptors (Lipinski definition) is 4. The number of benzene rings is 1. The average molecular weight is 329 g/mol. The summed E-state index contributed by atoms with van der Waals surface area (Å²) in [6, 6.07) is 2.82. The second-order valence-electron chi connectivity index (χ2n) is 4.98. The molecule has 7 nitrogen and oxygen atoms in total. The first-order chi connectivity index (χ1) is 10.3. The number of non-ortho nitro benzene ring substituents is 1. The summed E-state index contributed by atoms with van der Waals surface area (Å²) in [5, 5.41) is 22.3. The van der Waals surface area contributed by atoms with Crippen molar-refractivity contribution in [1.29, 1.82) is 0 Å². The zero-order valence-corrected chi connectivity index (χ0v) is 13.0. The molecule has 0 spiro atoms. The fourth-order valence-corrected chi connectivity index (χ4v) is 2.12. The number of aliphatic carboxylic acids is 1. The summed E-state index contributed by atoms with van der Waals surface area (Å²) >= 11 is 5.91. The Morgan fingerprint density at radius 1 is 1.45 bits per heavy atom. The van der Waals surface area contributed by atoms with Crippen LogP contribution < -0.4 is 5.32 Å². The summed E-state index contributed by atoms with van der Waals surface area (Å²) in [7, 11) is 0. The third kappa shape index (κ3) is 4.70. The van der Waals surface area contributed by atoms with E-state index >= 15 is 0 Å². The van der Waals surface area contributed by atoms with Gasteiger partial charge in [0.1, 0.15) is 6.04 Å². The summed E-state index contributed by atoms with van der Waals surface area (Å²) in [6.45, 7) is 3.57. The van der Waals surface area contributed by atoms with Gasteiger partial charge in [0, 0.05) is 12.1 Å². The number of nitro groups is 1. The molecule has 8 heteroatoms. The predicted octanol–water partition coefficient (Wildman–Crippen LogP) is 2.41. The molecule has 0 aliphatic heterocycles. The van der Waals surface area contributed by atoms with Crippen LogP contribution in [-0.4, -0.2) is 27.9 Å². The highest BCUT2D eigenvalue weighted by atomic mass is 35.5. The van der Waals surface area contributed by atoms with E-state index in [2.05, 4.69) is 5.32 Å². The molecule has 0 fully saturated rings. The number of halogens is 1. The highest BCUT2D eigenvalue weighted by Crippen LogP contribution is 2.23. The monoisotopic (exact) mass is 328 g/mol. The summed E-state index contributed by atoms with van der Waals surface area (Å²) in [4.78, 5) is 33.1. The Bertz CT molecular complexity index is 591. The van der Waals surface area contributed by atoms with Gasteiger partial charge in [-0.25, -0.2) is 4.79 Å². The zero-order chi connectivity index (χ0) is 16.9. The van der Waals surface area contributed by atoms with Crippen LogP contribution in [0.4, 0.5) is 5.69 Å². The maximum Gasteiger partial charge on any atom is 0.326 e. The number of carbonyl (C=O) groups is 2. The molecule has 1 aromatic carbocycles. The van der Waals surface area contributed by atoms with Gasteiger partial charge in [-0.15, -0.1) is 0 Å². The number of nitrogens with one attached hydrogen (secondary N) is 1. The molecule has 0 bridgehead atoms. The molecule has 2 N–H and O–H groups in total. The van der Waals surface area contributed by atoms with Crippen LogP contribution in [0.5, 0.6) is 0 Å². The normalized spacial score (nSPS) is 13.2. The number of hydrogen-bond donors (Lipinski definition) is 2. The third-order valence-corrected chi connectivity index (χ3v) is 3.75. The SMILES string of the molecule is CC[C@H](C)[C@H](NC(=O)Cc1ccc([N+](=O)[O-])cc1Cl)C(=O)O. The molecule has 0 saturated heterocycles. The van der Waals surface area contributed by atoms with Gasteiger partial charge in [0.05, 0.1) is 16.4 Å². The maximum atomic E-state index is 12.0. The Morgan fingerprint density at radius 3 is 2.55 bits per heavy atom. The smallest absolute Gasteiger partial charge is 0.326 e. The molecule has 22 heavy (non-hydrogen) atoms. The Labute approximate surface area is 132 Å². The van der Waals surface area contributed by atoms with Crippen LogP contribution in [-0.2, 0) is 16.0 Å². The summed E-state index contributed by atoms with van der Waals surface area (Å²) in [5.74, 6) is -1.81. The second-order valence-corrected chi connectivity index (χ2v) is 5.39. The lowest BCUT2D eigenvalue weighted by molar-refractivity contribution is -0.384. The lowest BCUT2D eigenvalue weighted by Gasteiger charge is -2.20. The Balaban J connectivity index is 2.80. The van der Waals surface area contributed by atoms with Gasteiger partial charge in [0.2, 0.25) is 5.91 Å². The van der Waals surface area contributed by atoms with Crippen molar-refractivity contribution in [2.75, 3.05) is 0 Å². The van der Waals surface area contributed by atoms with Gasteiger partial charge in [0.25, 0.3) is 5.69 Å². The molecule has 0 heterocycles. The maximum absolute atomic E-state index is 12.0. The van der Waals surface area contributed by atoms with Crippen molar-refractivity contribution in [1.82, 2.24) is 5.32 Å². The van der Waals surface area contributed by atoms with E-state index in [1.807, 2.05) is 6.92 Å². The van der Waals surface area contributed by atoms with Gasteiger partial charge in [0.15, 0.2) is 0 Å². The zero-order valence-electron chi connectivity index (χ0n) is 12.2. The van der Waals surface area contributed by atoms with Crippen LogP contribution in [0.2, 0.25) is 5.02 Å². The summed E-state index contributed by atoms with van der Waals surface area (Å²) in [5.41, 5.74) is 0.232. The van der Waals surface area contributed by atoms with Crippen LogP contribution in [0.1, 0.15) is 25.8 Å². The molecule has 1 aromatic rings. The van der Waals surface area contributed by atoms with Crippen LogP contribution in [0.3, 0.4) is 0 Å². The van der Waals surface area contributed by atoms with Gasteiger partial charge in [-0.05, 0) is 11.5 Å². The molecular weight excluding hydrogens is 312 g/mol. The second kappa shape index (κ2) is 7.74. The first-order valence-corrected chi connectivity index (χ1v) is 7.09. The van der Waals surface area contributed by atoms with E-state index in [-0.39, 0.29) is 23.0 Å². The lowest BCUT2D eigenvalue weighted by Crippen LogP contribution is -2.45. The molecule has 1 rings (SSSR count). The molecule has 0 saturated carbocycles. The molecule has 120 valence electrons. The van der Waals surface area contributed by atoms with Gasteiger partial charge >= 0.3 is 5.97 Å². The fraction of sp³-hybridized carbons (Fsp3) is 0.429. The van der Waals surface area contributed by atoms with Crippen molar-refractivity contribution in [3.63, 3.8) is 0 Å². The summed E-state index contributed by atoms with van der Waals surface area (Å²) < 4.78 is 0. The molecular formula is C14H17ClN2O5. The van der Waals surface area contributed by atoms with Crippen molar-refractivity contribution < 1.29 is 19.6 Å². The highest BCUT2D eigenvalue weighted by Gasteiger charge is 2.25. The first-order valence-electron chi connectivity index (χ1n) is 6.71. The van der Waals surface area contributed by atoms with E-state index in [0.29, 0.717) is 12.0 Å². The lowest BCUT2D eigenvalue weighted by atomic mass is 9.99. The topological polar surface area (TPSA) is 110 Å². The van der Waals surface area contributed by atoms with Crippen molar-refractivity contribution in [3.8, 4) is 0 Å². The number of nitrogens with zero attached hydrogens (tertiary/aromatic N) is 1. The van der Waals surface area contributed by atoms with E-state index in [4.69, 9.17) is 16.7 Å². The van der Waals surface area contributed by atoms with Crippen molar-refractivity contribution in [2.45, 2.75) is 32.7 Å². The number of carboxylic acid groups (broad SMARTS) is 1. The molecule has 0 aromatic heterocycles. The number of carbonyl (C=O) groups excluding carboxylic acids is 1. The molecule has 0 unspecified atom stereocenters. The number of nitro benzene ring substituents is 1. The standard InChI is InChI=1S/C14H17ClN2O5/c1-3-8(2)13(14(19)20)16-12(18)6-9-4-5-10(17(21)22)7-11(9)15/h4-5,7-8,13H,3,6H2,1-2H3,(H,16,18)(H,19,20)/t8-,13-/m0/s1. The Kier molecular flexibility index (Phi) is 6.30. The quantitative estimate of drug-likeness (QED) is 0.590. The van der Waals surface area contributed by atoms with Crippen LogP contribution in [0.15, 0.2) is 18.2 Å². The van der Waals surface area contributed by atoms with Crippen molar-refractivity contribution in [3.05, 3.63) is 38.9 Å². The van der Waals surface area contributed by atoms with Crippen LogP contribution >= 0.6 is 11.6 Å². The minimum absolute atomic E-state index is 0.0970. The van der Waals surface area contributed by atoms with Crippen LogP contribution in [0.25, 0.3) is 0 Å². The van der Waals surface area contributed by atoms with E-state index in [0.717, 1.165) is 6.07 Å². The first kappa shape index (κ1) is 17.9. The number of rotatable bonds is 7. The van der Waals surface area contributed by atoms with E-state index in [9.17, 15) is 19.7 Å². The van der Waals surface area contributed by atoms with Gasteiger partial charge < -0.3 is 10.4 Å². The number of amides is 1. The Hall–Kier alpha value is -2.15. The van der Waals surface area contributed by atoms with E-state index in [1.165, 1.54) is 12.1 Å². The number of carboxylic acids is 1. The van der Waals surface area contributed by atoms with Crippen molar-refractivity contribution >= 4 is 29.2 Å².